The van der Waals surface area contributed by atoms with Gasteiger partial charge in [-0.1, -0.05) is 11.1 Å². The molecule has 0 spiro atoms. The molecule has 2 atom stereocenters. The number of allylic oxidation sites excluding steroid dienone is 2. The number of nitrogens with one attached hydrogen (secondary N) is 1. The minimum absolute atomic E-state index is 0.183. The number of carbonyl (C=O) groups excluding carboxylic acids is 2. The number of amides is 2. The standard InChI is InChI=1S/C17H26N2O4/c1-11-9-13(14(17(22)23)10-12(11)2)16(21)18-6-4-8-19-7-3-5-15(19)20/h13-14H,3-10H2,1-2H3,(H,18,21)(H,22,23)/t13-,14+/m1/s1. The largest absolute Gasteiger partial charge is 0.481 e. The molecule has 2 aliphatic rings. The molecule has 2 N–H and O–H groups in total. The first kappa shape index (κ1) is 17.5. The van der Waals surface area contributed by atoms with Crippen LogP contribution < -0.4 is 5.32 Å². The number of hydrogen-bond donors (Lipinski definition) is 2. The number of carboxylic acids is 1. The molecule has 6 nitrogen and oxygen atoms in total. The van der Waals surface area contributed by atoms with Gasteiger partial charge in [-0.2, -0.15) is 0 Å². The van der Waals surface area contributed by atoms with Crippen molar-refractivity contribution in [1.29, 1.82) is 0 Å². The molecule has 1 saturated heterocycles. The Kier molecular flexibility index (Phi) is 5.80. The Labute approximate surface area is 136 Å². The van der Waals surface area contributed by atoms with Gasteiger partial charge in [0, 0.05) is 26.1 Å². The van der Waals surface area contributed by atoms with Crippen LogP contribution in [0.15, 0.2) is 11.1 Å². The summed E-state index contributed by atoms with van der Waals surface area (Å²) in [6.07, 6.45) is 3.20. The van der Waals surface area contributed by atoms with Crippen LogP contribution in [0.4, 0.5) is 0 Å². The minimum atomic E-state index is -0.903. The van der Waals surface area contributed by atoms with Crippen LogP contribution in [0.2, 0.25) is 0 Å². The van der Waals surface area contributed by atoms with Gasteiger partial charge in [0.05, 0.1) is 11.8 Å². The lowest BCUT2D eigenvalue weighted by Gasteiger charge is -2.29. The molecule has 2 rings (SSSR count). The molecule has 0 saturated carbocycles. The fraction of sp³-hybridized carbons (Fsp3) is 0.706. The van der Waals surface area contributed by atoms with Crippen LogP contribution in [0.3, 0.4) is 0 Å². The second kappa shape index (κ2) is 7.62. The molecule has 0 radical (unpaired) electrons. The van der Waals surface area contributed by atoms with Crippen LogP contribution in [0.5, 0.6) is 0 Å². The molecule has 0 aromatic carbocycles. The van der Waals surface area contributed by atoms with Crippen molar-refractivity contribution in [3.8, 4) is 0 Å². The lowest BCUT2D eigenvalue weighted by molar-refractivity contribution is -0.147. The highest BCUT2D eigenvalue weighted by molar-refractivity contribution is 5.85. The number of hydrogen-bond acceptors (Lipinski definition) is 3. The van der Waals surface area contributed by atoms with Gasteiger partial charge >= 0.3 is 5.97 Å². The van der Waals surface area contributed by atoms with Crippen LogP contribution in [0, 0.1) is 11.8 Å². The van der Waals surface area contributed by atoms with Crippen molar-refractivity contribution in [2.45, 2.75) is 46.0 Å². The fourth-order valence-corrected chi connectivity index (χ4v) is 3.38. The van der Waals surface area contributed by atoms with Gasteiger partial charge in [-0.15, -0.1) is 0 Å². The van der Waals surface area contributed by atoms with Crippen molar-refractivity contribution in [3.63, 3.8) is 0 Å². The summed E-state index contributed by atoms with van der Waals surface area (Å²) in [5, 5.41) is 12.2. The van der Waals surface area contributed by atoms with Gasteiger partial charge in [0.15, 0.2) is 0 Å². The van der Waals surface area contributed by atoms with Crippen molar-refractivity contribution in [1.82, 2.24) is 10.2 Å². The lowest BCUT2D eigenvalue weighted by Crippen LogP contribution is -2.41. The van der Waals surface area contributed by atoms with Crippen LogP contribution in [0.25, 0.3) is 0 Å². The Balaban J connectivity index is 1.81. The predicted octanol–water partition coefficient (Wildman–Crippen LogP) is 1.56. The maximum absolute atomic E-state index is 12.3. The fourth-order valence-electron chi connectivity index (χ4n) is 3.38. The van der Waals surface area contributed by atoms with E-state index in [2.05, 4.69) is 5.32 Å². The smallest absolute Gasteiger partial charge is 0.307 e. The zero-order valence-corrected chi connectivity index (χ0v) is 13.9. The van der Waals surface area contributed by atoms with Crippen LogP contribution >= 0.6 is 0 Å². The van der Waals surface area contributed by atoms with Gasteiger partial charge in [-0.05, 0) is 39.5 Å². The summed E-state index contributed by atoms with van der Waals surface area (Å²) in [7, 11) is 0. The van der Waals surface area contributed by atoms with Gasteiger partial charge in [0.2, 0.25) is 11.8 Å². The van der Waals surface area contributed by atoms with Crippen LogP contribution in [0.1, 0.15) is 46.0 Å². The maximum atomic E-state index is 12.3. The quantitative estimate of drug-likeness (QED) is 0.574. The van der Waals surface area contributed by atoms with Crippen molar-refractivity contribution in [3.05, 3.63) is 11.1 Å². The molecular weight excluding hydrogens is 296 g/mol. The molecule has 128 valence electrons. The molecule has 0 bridgehead atoms. The van der Waals surface area contributed by atoms with E-state index in [4.69, 9.17) is 0 Å². The molecule has 0 unspecified atom stereocenters. The Bertz CT molecular complexity index is 527. The van der Waals surface area contributed by atoms with E-state index in [0.29, 0.717) is 38.8 Å². The number of aliphatic carboxylic acids is 1. The summed E-state index contributed by atoms with van der Waals surface area (Å²) >= 11 is 0. The highest BCUT2D eigenvalue weighted by Crippen LogP contribution is 2.34. The molecule has 0 aromatic heterocycles. The van der Waals surface area contributed by atoms with Gasteiger partial charge in [0.25, 0.3) is 0 Å². The summed E-state index contributed by atoms with van der Waals surface area (Å²) in [4.78, 5) is 37.1. The highest BCUT2D eigenvalue weighted by atomic mass is 16.4. The maximum Gasteiger partial charge on any atom is 0.307 e. The van der Waals surface area contributed by atoms with E-state index in [9.17, 15) is 19.5 Å². The minimum Gasteiger partial charge on any atom is -0.481 e. The zero-order valence-electron chi connectivity index (χ0n) is 13.9. The van der Waals surface area contributed by atoms with Crippen molar-refractivity contribution >= 4 is 17.8 Å². The number of nitrogens with zero attached hydrogens (tertiary/aromatic N) is 1. The van der Waals surface area contributed by atoms with Crippen molar-refractivity contribution < 1.29 is 19.5 Å². The first-order valence-corrected chi connectivity index (χ1v) is 8.33. The molecule has 0 aromatic rings. The normalized spacial score (nSPS) is 25.0. The third-order valence-electron chi connectivity index (χ3n) is 5.00. The molecule has 23 heavy (non-hydrogen) atoms. The van der Waals surface area contributed by atoms with Gasteiger partial charge in [0.1, 0.15) is 0 Å². The number of carbonyl (C=O) groups is 3. The SMILES string of the molecule is CC1=C(C)C[C@@H](C(=O)NCCCN2CCCC2=O)[C@@H](C(=O)O)C1. The molecular formula is C17H26N2O4. The monoisotopic (exact) mass is 322 g/mol. The molecule has 1 aliphatic carbocycles. The second-order valence-electron chi connectivity index (χ2n) is 6.65. The Hall–Kier alpha value is -1.85. The van der Waals surface area contributed by atoms with E-state index in [-0.39, 0.29) is 11.8 Å². The van der Waals surface area contributed by atoms with Crippen molar-refractivity contribution in [2.75, 3.05) is 19.6 Å². The molecule has 6 heteroatoms. The number of carboxylic acid groups (broad SMARTS) is 1. The third kappa shape index (κ3) is 4.33. The summed E-state index contributed by atoms with van der Waals surface area (Å²) in [5.74, 6) is -2.04. The summed E-state index contributed by atoms with van der Waals surface area (Å²) in [5.41, 5.74) is 2.19. The van der Waals surface area contributed by atoms with Gasteiger partial charge < -0.3 is 15.3 Å². The average molecular weight is 322 g/mol. The van der Waals surface area contributed by atoms with E-state index in [1.807, 2.05) is 18.7 Å². The van der Waals surface area contributed by atoms with Gasteiger partial charge in [-0.25, -0.2) is 0 Å². The number of likely N-dealkylation sites (tertiary alicyclic amines) is 1. The van der Waals surface area contributed by atoms with Crippen molar-refractivity contribution in [2.24, 2.45) is 11.8 Å². The second-order valence-corrected chi connectivity index (χ2v) is 6.65. The summed E-state index contributed by atoms with van der Waals surface area (Å²) < 4.78 is 0. The van der Waals surface area contributed by atoms with E-state index < -0.39 is 17.8 Å². The van der Waals surface area contributed by atoms with Gasteiger partial charge in [-0.3, -0.25) is 14.4 Å². The Morgan fingerprint density at radius 1 is 1.22 bits per heavy atom. The van der Waals surface area contributed by atoms with E-state index >= 15 is 0 Å². The van der Waals surface area contributed by atoms with E-state index in [1.54, 1.807) is 0 Å². The highest BCUT2D eigenvalue weighted by Gasteiger charge is 2.37. The first-order chi connectivity index (χ1) is 10.9. The molecule has 1 aliphatic heterocycles. The predicted molar refractivity (Wildman–Crippen MR) is 85.7 cm³/mol. The third-order valence-corrected chi connectivity index (χ3v) is 5.00. The van der Waals surface area contributed by atoms with Crippen LogP contribution in [-0.2, 0) is 14.4 Å². The zero-order chi connectivity index (χ0) is 17.0. The Morgan fingerprint density at radius 3 is 2.43 bits per heavy atom. The topological polar surface area (TPSA) is 86.7 Å². The molecule has 1 fully saturated rings. The molecule has 2 amide bonds. The first-order valence-electron chi connectivity index (χ1n) is 8.33. The van der Waals surface area contributed by atoms with E-state index in [1.165, 1.54) is 0 Å². The van der Waals surface area contributed by atoms with E-state index in [0.717, 1.165) is 24.1 Å². The molecule has 1 heterocycles. The average Bonchev–Trinajstić information content (AvgIpc) is 2.90. The Morgan fingerprint density at radius 2 is 1.87 bits per heavy atom. The lowest BCUT2D eigenvalue weighted by atomic mass is 9.76. The van der Waals surface area contributed by atoms with Crippen LogP contribution in [-0.4, -0.2) is 47.4 Å². The summed E-state index contributed by atoms with van der Waals surface area (Å²) in [6.45, 7) is 5.84. The summed E-state index contributed by atoms with van der Waals surface area (Å²) in [6, 6.07) is 0. The number of rotatable bonds is 6.